The van der Waals surface area contributed by atoms with E-state index < -0.39 is 0 Å². The summed E-state index contributed by atoms with van der Waals surface area (Å²) >= 11 is 0. The number of aliphatic imine (C=N–C) groups is 1. The van der Waals surface area contributed by atoms with Crippen LogP contribution < -0.4 is 10.6 Å². The van der Waals surface area contributed by atoms with Gasteiger partial charge in [0.15, 0.2) is 5.96 Å². The third-order valence-corrected chi connectivity index (χ3v) is 5.29. The van der Waals surface area contributed by atoms with Crippen LogP contribution in [0.5, 0.6) is 0 Å². The zero-order valence-electron chi connectivity index (χ0n) is 16.5. The minimum absolute atomic E-state index is 0.0601. The standard InChI is InChI=1S/C20H30N6O/c1-4-21-19(22-13-18-24-15-25-26(18)3)23-14-20(9-11-27-12-10-20)17-8-6-5-7-16(17)2/h5-8,15H,4,9-14H2,1-3H3,(H2,21,22,23). The Balaban J connectivity index is 1.76. The molecule has 0 bridgehead atoms. The number of hydrogen-bond acceptors (Lipinski definition) is 4. The fourth-order valence-electron chi connectivity index (χ4n) is 3.68. The van der Waals surface area contributed by atoms with E-state index in [2.05, 4.69) is 63.8 Å². The van der Waals surface area contributed by atoms with Gasteiger partial charge in [-0.3, -0.25) is 4.68 Å². The van der Waals surface area contributed by atoms with E-state index >= 15 is 0 Å². The molecular formula is C20H30N6O. The second kappa shape index (κ2) is 8.99. The van der Waals surface area contributed by atoms with Gasteiger partial charge in [0.05, 0.1) is 0 Å². The van der Waals surface area contributed by atoms with Crippen LogP contribution in [0.15, 0.2) is 35.6 Å². The molecule has 1 aromatic heterocycles. The van der Waals surface area contributed by atoms with Gasteiger partial charge in [0.25, 0.3) is 0 Å². The van der Waals surface area contributed by atoms with Crippen LogP contribution in [0.3, 0.4) is 0 Å². The van der Waals surface area contributed by atoms with Crippen LogP contribution in [0.2, 0.25) is 0 Å². The largest absolute Gasteiger partial charge is 0.381 e. The zero-order chi connectivity index (χ0) is 19.1. The average Bonchev–Trinajstić information content (AvgIpc) is 3.10. The predicted molar refractivity (Wildman–Crippen MR) is 107 cm³/mol. The van der Waals surface area contributed by atoms with E-state index in [0.717, 1.165) is 50.9 Å². The molecule has 1 fully saturated rings. The van der Waals surface area contributed by atoms with E-state index in [0.29, 0.717) is 6.54 Å². The van der Waals surface area contributed by atoms with Crippen molar-refractivity contribution in [2.75, 3.05) is 26.3 Å². The lowest BCUT2D eigenvalue weighted by molar-refractivity contribution is 0.0512. The van der Waals surface area contributed by atoms with Crippen LogP contribution in [0.25, 0.3) is 0 Å². The number of guanidine groups is 1. The van der Waals surface area contributed by atoms with Crippen LogP contribution in [-0.4, -0.2) is 47.0 Å². The Morgan fingerprint density at radius 2 is 2.04 bits per heavy atom. The normalized spacial score (nSPS) is 16.9. The smallest absolute Gasteiger partial charge is 0.191 e. The number of aryl methyl sites for hydroxylation is 2. The van der Waals surface area contributed by atoms with Crippen molar-refractivity contribution >= 4 is 5.96 Å². The van der Waals surface area contributed by atoms with E-state index in [1.54, 1.807) is 11.0 Å². The lowest BCUT2D eigenvalue weighted by Crippen LogP contribution is -2.48. The molecule has 0 saturated carbocycles. The Labute approximate surface area is 161 Å². The lowest BCUT2D eigenvalue weighted by Gasteiger charge is -2.39. The fraction of sp³-hybridized carbons (Fsp3) is 0.550. The highest BCUT2D eigenvalue weighted by atomic mass is 16.5. The summed E-state index contributed by atoms with van der Waals surface area (Å²) in [6.45, 7) is 7.99. The highest BCUT2D eigenvalue weighted by molar-refractivity contribution is 5.79. The van der Waals surface area contributed by atoms with Crippen molar-refractivity contribution in [2.45, 2.75) is 38.6 Å². The van der Waals surface area contributed by atoms with Crippen molar-refractivity contribution in [1.29, 1.82) is 0 Å². The Kier molecular flexibility index (Phi) is 6.45. The minimum atomic E-state index is 0.0601. The van der Waals surface area contributed by atoms with Gasteiger partial charge < -0.3 is 15.4 Å². The molecule has 7 heteroatoms. The van der Waals surface area contributed by atoms with E-state index in [-0.39, 0.29) is 5.41 Å². The molecule has 27 heavy (non-hydrogen) atoms. The summed E-state index contributed by atoms with van der Waals surface area (Å²) in [7, 11) is 1.88. The van der Waals surface area contributed by atoms with Crippen LogP contribution >= 0.6 is 0 Å². The second-order valence-electron chi connectivity index (χ2n) is 7.06. The molecule has 0 amide bonds. The van der Waals surface area contributed by atoms with Gasteiger partial charge in [-0.2, -0.15) is 5.10 Å². The molecule has 7 nitrogen and oxygen atoms in total. The fourth-order valence-corrected chi connectivity index (χ4v) is 3.68. The lowest BCUT2D eigenvalue weighted by atomic mass is 9.72. The van der Waals surface area contributed by atoms with Gasteiger partial charge >= 0.3 is 0 Å². The van der Waals surface area contributed by atoms with Gasteiger partial charge in [0, 0.05) is 38.8 Å². The van der Waals surface area contributed by atoms with Crippen LogP contribution in [0.4, 0.5) is 0 Å². The molecule has 0 unspecified atom stereocenters. The van der Waals surface area contributed by atoms with E-state index in [1.165, 1.54) is 11.1 Å². The molecule has 1 aromatic carbocycles. The van der Waals surface area contributed by atoms with Crippen molar-refractivity contribution in [3.63, 3.8) is 0 Å². The van der Waals surface area contributed by atoms with Gasteiger partial charge in [-0.1, -0.05) is 24.3 Å². The Morgan fingerprint density at radius 3 is 2.70 bits per heavy atom. The summed E-state index contributed by atoms with van der Waals surface area (Å²) in [6.07, 6.45) is 3.57. The summed E-state index contributed by atoms with van der Waals surface area (Å²) in [6, 6.07) is 8.69. The SMILES string of the molecule is CCNC(=NCc1ncnn1C)NCC1(c2ccccc2C)CCOCC1. The molecule has 1 saturated heterocycles. The Morgan fingerprint density at radius 1 is 1.26 bits per heavy atom. The molecule has 0 atom stereocenters. The van der Waals surface area contributed by atoms with E-state index in [9.17, 15) is 0 Å². The first-order valence-corrected chi connectivity index (χ1v) is 9.63. The summed E-state index contributed by atoms with van der Waals surface area (Å²) in [5.74, 6) is 1.65. The molecule has 0 aliphatic carbocycles. The van der Waals surface area contributed by atoms with Crippen molar-refractivity contribution < 1.29 is 4.74 Å². The highest BCUT2D eigenvalue weighted by Crippen LogP contribution is 2.36. The maximum Gasteiger partial charge on any atom is 0.191 e. The van der Waals surface area contributed by atoms with Gasteiger partial charge in [0.1, 0.15) is 18.7 Å². The topological polar surface area (TPSA) is 76.4 Å². The number of nitrogens with zero attached hydrogens (tertiary/aromatic N) is 4. The van der Waals surface area contributed by atoms with Crippen LogP contribution in [0.1, 0.15) is 36.7 Å². The number of nitrogens with one attached hydrogen (secondary N) is 2. The third-order valence-electron chi connectivity index (χ3n) is 5.29. The molecule has 1 aliphatic heterocycles. The van der Waals surface area contributed by atoms with Gasteiger partial charge in [0.2, 0.25) is 0 Å². The maximum atomic E-state index is 5.66. The summed E-state index contributed by atoms with van der Waals surface area (Å²) < 4.78 is 7.41. The quantitative estimate of drug-likeness (QED) is 0.600. The highest BCUT2D eigenvalue weighted by Gasteiger charge is 2.35. The molecule has 0 spiro atoms. The van der Waals surface area contributed by atoms with E-state index in [1.807, 2.05) is 7.05 Å². The van der Waals surface area contributed by atoms with E-state index in [4.69, 9.17) is 4.74 Å². The number of benzene rings is 1. The Bertz CT molecular complexity index is 763. The van der Waals surface area contributed by atoms with Crippen LogP contribution in [0, 0.1) is 6.92 Å². The van der Waals surface area contributed by atoms with Gasteiger partial charge in [-0.15, -0.1) is 0 Å². The van der Waals surface area contributed by atoms with Crippen molar-refractivity contribution in [3.05, 3.63) is 47.5 Å². The molecule has 2 heterocycles. The second-order valence-corrected chi connectivity index (χ2v) is 7.06. The molecule has 1 aliphatic rings. The monoisotopic (exact) mass is 370 g/mol. The number of hydrogen-bond donors (Lipinski definition) is 2. The molecule has 3 rings (SSSR count). The van der Waals surface area contributed by atoms with Gasteiger partial charge in [-0.05, 0) is 37.8 Å². The molecular weight excluding hydrogens is 340 g/mol. The van der Waals surface area contributed by atoms with Crippen molar-refractivity contribution in [1.82, 2.24) is 25.4 Å². The maximum absolute atomic E-state index is 5.66. The average molecular weight is 371 g/mol. The molecule has 2 aromatic rings. The summed E-state index contributed by atoms with van der Waals surface area (Å²) in [5.41, 5.74) is 2.80. The van der Waals surface area contributed by atoms with Crippen LogP contribution in [-0.2, 0) is 23.7 Å². The first-order valence-electron chi connectivity index (χ1n) is 9.63. The number of ether oxygens (including phenoxy) is 1. The summed E-state index contributed by atoms with van der Waals surface area (Å²) in [4.78, 5) is 8.93. The van der Waals surface area contributed by atoms with Crippen molar-refractivity contribution in [2.24, 2.45) is 12.0 Å². The number of rotatable bonds is 6. The van der Waals surface area contributed by atoms with Gasteiger partial charge in [-0.25, -0.2) is 9.98 Å². The number of aromatic nitrogens is 3. The Hall–Kier alpha value is -2.41. The first kappa shape index (κ1) is 19.4. The van der Waals surface area contributed by atoms with Crippen molar-refractivity contribution in [3.8, 4) is 0 Å². The third kappa shape index (κ3) is 4.66. The molecule has 146 valence electrons. The predicted octanol–water partition coefficient (Wildman–Crippen LogP) is 1.93. The zero-order valence-corrected chi connectivity index (χ0v) is 16.5. The summed E-state index contributed by atoms with van der Waals surface area (Å²) in [5, 5.41) is 11.0. The molecule has 2 N–H and O–H groups in total. The molecule has 0 radical (unpaired) electrons. The first-order chi connectivity index (χ1) is 13.1. The minimum Gasteiger partial charge on any atom is -0.381 e.